The number of aromatic nitrogens is 2. The molecule has 2 aromatic rings. The first-order valence-electron chi connectivity index (χ1n) is 5.94. The van der Waals surface area contributed by atoms with Gasteiger partial charge >= 0.3 is 0 Å². The minimum Gasteiger partial charge on any atom is -0.320 e. The summed E-state index contributed by atoms with van der Waals surface area (Å²) in [7, 11) is 1.93. The van der Waals surface area contributed by atoms with Crippen LogP contribution in [0.15, 0.2) is 18.2 Å². The minimum absolute atomic E-state index is 0.195. The van der Waals surface area contributed by atoms with Crippen molar-refractivity contribution in [2.45, 2.75) is 19.8 Å². The molecule has 1 aromatic carbocycles. The lowest BCUT2D eigenvalue weighted by molar-refractivity contribution is 0.619. The molecule has 0 aliphatic carbocycles. The number of nitrogens with one attached hydrogen (secondary N) is 1. The lowest BCUT2D eigenvalue weighted by Gasteiger charge is -1.98. The molecule has 5 heteroatoms. The Bertz CT molecular complexity index is 525. The predicted octanol–water partition coefficient (Wildman–Crippen LogP) is 2.80. The molecule has 96 valence electrons. The number of aryl methyl sites for hydroxylation is 2. The zero-order valence-corrected chi connectivity index (χ0v) is 11.4. The molecular formula is C13H16FN3S. The molecule has 0 spiro atoms. The van der Waals surface area contributed by atoms with Crippen LogP contribution in [0, 0.1) is 12.7 Å². The summed E-state index contributed by atoms with van der Waals surface area (Å²) in [4.78, 5) is 0. The standard InChI is InChI=1S/C13H16FN3S/c1-9-5-6-10(8-11(9)14)13-17-16-12(18-13)4-3-7-15-2/h5-6,8,15H,3-4,7H2,1-2H3. The molecule has 0 saturated heterocycles. The quantitative estimate of drug-likeness (QED) is 0.845. The summed E-state index contributed by atoms with van der Waals surface area (Å²) in [6.45, 7) is 2.72. The van der Waals surface area contributed by atoms with Gasteiger partial charge in [-0.2, -0.15) is 0 Å². The van der Waals surface area contributed by atoms with Crippen LogP contribution >= 0.6 is 11.3 Å². The molecule has 0 amide bonds. The number of hydrogen-bond donors (Lipinski definition) is 1. The van der Waals surface area contributed by atoms with E-state index in [2.05, 4.69) is 15.5 Å². The Morgan fingerprint density at radius 1 is 1.33 bits per heavy atom. The fraction of sp³-hybridized carbons (Fsp3) is 0.385. The van der Waals surface area contributed by atoms with Gasteiger partial charge in [0.2, 0.25) is 0 Å². The highest BCUT2D eigenvalue weighted by atomic mass is 32.1. The van der Waals surface area contributed by atoms with Crippen molar-refractivity contribution in [1.82, 2.24) is 15.5 Å². The molecular weight excluding hydrogens is 249 g/mol. The second-order valence-electron chi connectivity index (χ2n) is 4.17. The largest absolute Gasteiger partial charge is 0.320 e. The number of halogens is 1. The van der Waals surface area contributed by atoms with Crippen molar-refractivity contribution < 1.29 is 4.39 Å². The second kappa shape index (κ2) is 6.02. The average Bonchev–Trinajstić information content (AvgIpc) is 2.82. The summed E-state index contributed by atoms with van der Waals surface area (Å²) < 4.78 is 13.5. The summed E-state index contributed by atoms with van der Waals surface area (Å²) in [5, 5.41) is 13.1. The summed E-state index contributed by atoms with van der Waals surface area (Å²) in [5.41, 5.74) is 1.45. The van der Waals surface area contributed by atoms with Crippen molar-refractivity contribution in [2.24, 2.45) is 0 Å². The Labute approximate surface area is 110 Å². The van der Waals surface area contributed by atoms with Gasteiger partial charge in [0.15, 0.2) is 0 Å². The van der Waals surface area contributed by atoms with E-state index >= 15 is 0 Å². The Kier molecular flexibility index (Phi) is 4.38. The number of hydrogen-bond acceptors (Lipinski definition) is 4. The summed E-state index contributed by atoms with van der Waals surface area (Å²) in [6.07, 6.45) is 1.94. The fourth-order valence-electron chi connectivity index (χ4n) is 1.61. The monoisotopic (exact) mass is 265 g/mol. The third-order valence-electron chi connectivity index (χ3n) is 2.70. The molecule has 1 N–H and O–H groups in total. The van der Waals surface area contributed by atoms with Crippen LogP contribution < -0.4 is 5.32 Å². The third kappa shape index (κ3) is 3.11. The Morgan fingerprint density at radius 3 is 2.89 bits per heavy atom. The third-order valence-corrected chi connectivity index (χ3v) is 3.74. The molecule has 0 atom stereocenters. The smallest absolute Gasteiger partial charge is 0.147 e. The number of benzene rings is 1. The van der Waals surface area contributed by atoms with E-state index in [9.17, 15) is 4.39 Å². The van der Waals surface area contributed by atoms with Crippen LogP contribution in [-0.4, -0.2) is 23.8 Å². The average molecular weight is 265 g/mol. The highest BCUT2D eigenvalue weighted by Crippen LogP contribution is 2.25. The highest BCUT2D eigenvalue weighted by Gasteiger charge is 2.08. The van der Waals surface area contributed by atoms with Crippen LogP contribution in [0.4, 0.5) is 4.39 Å². The van der Waals surface area contributed by atoms with Crippen LogP contribution in [0.2, 0.25) is 0 Å². The van der Waals surface area contributed by atoms with Crippen LogP contribution in [0.1, 0.15) is 17.0 Å². The van der Waals surface area contributed by atoms with Gasteiger partial charge in [0.25, 0.3) is 0 Å². The molecule has 1 aromatic heterocycles. The first-order valence-corrected chi connectivity index (χ1v) is 6.76. The van der Waals surface area contributed by atoms with Crippen LogP contribution in [-0.2, 0) is 6.42 Å². The lowest BCUT2D eigenvalue weighted by atomic mass is 10.1. The van der Waals surface area contributed by atoms with Gasteiger partial charge in [0.1, 0.15) is 15.8 Å². The van der Waals surface area contributed by atoms with E-state index < -0.39 is 0 Å². The first kappa shape index (κ1) is 13.1. The van der Waals surface area contributed by atoms with Crippen molar-refractivity contribution in [3.05, 3.63) is 34.6 Å². The summed E-state index contributed by atoms with van der Waals surface area (Å²) in [6, 6.07) is 5.18. The second-order valence-corrected chi connectivity index (χ2v) is 5.23. The van der Waals surface area contributed by atoms with Gasteiger partial charge in [0, 0.05) is 12.0 Å². The van der Waals surface area contributed by atoms with Crippen molar-refractivity contribution in [1.29, 1.82) is 0 Å². The molecule has 0 aliphatic rings. The van der Waals surface area contributed by atoms with Gasteiger partial charge in [-0.25, -0.2) is 4.39 Å². The van der Waals surface area contributed by atoms with Gasteiger partial charge in [0.05, 0.1) is 0 Å². The summed E-state index contributed by atoms with van der Waals surface area (Å²) in [5.74, 6) is -0.195. The van der Waals surface area contributed by atoms with E-state index in [1.807, 2.05) is 13.1 Å². The SMILES string of the molecule is CNCCCc1nnc(-c2ccc(C)c(F)c2)s1. The fourth-order valence-corrected chi connectivity index (χ4v) is 2.49. The molecule has 3 nitrogen and oxygen atoms in total. The van der Waals surface area contributed by atoms with E-state index in [4.69, 9.17) is 0 Å². The van der Waals surface area contributed by atoms with Crippen LogP contribution in [0.3, 0.4) is 0 Å². The maximum Gasteiger partial charge on any atom is 0.147 e. The van der Waals surface area contributed by atoms with Gasteiger partial charge in [-0.1, -0.05) is 23.5 Å². The van der Waals surface area contributed by atoms with Crippen LogP contribution in [0.5, 0.6) is 0 Å². The van der Waals surface area contributed by atoms with E-state index in [-0.39, 0.29) is 5.82 Å². The topological polar surface area (TPSA) is 37.8 Å². The molecule has 0 aliphatic heterocycles. The van der Waals surface area contributed by atoms with E-state index in [1.165, 1.54) is 17.4 Å². The molecule has 0 fully saturated rings. The molecule has 0 unspecified atom stereocenters. The van der Waals surface area contributed by atoms with Gasteiger partial charge in [-0.15, -0.1) is 10.2 Å². The zero-order chi connectivity index (χ0) is 13.0. The van der Waals surface area contributed by atoms with E-state index in [0.717, 1.165) is 35.0 Å². The Balaban J connectivity index is 2.11. The number of nitrogens with zero attached hydrogens (tertiary/aromatic N) is 2. The van der Waals surface area contributed by atoms with E-state index in [1.54, 1.807) is 13.0 Å². The van der Waals surface area contributed by atoms with Gasteiger partial charge < -0.3 is 5.32 Å². The van der Waals surface area contributed by atoms with Crippen molar-refractivity contribution in [2.75, 3.05) is 13.6 Å². The van der Waals surface area contributed by atoms with E-state index in [0.29, 0.717) is 5.56 Å². The zero-order valence-electron chi connectivity index (χ0n) is 10.5. The molecule has 0 saturated carbocycles. The minimum atomic E-state index is -0.195. The highest BCUT2D eigenvalue weighted by molar-refractivity contribution is 7.14. The molecule has 2 rings (SSSR count). The maximum absolute atomic E-state index is 13.5. The Morgan fingerprint density at radius 2 is 2.17 bits per heavy atom. The number of rotatable bonds is 5. The Hall–Kier alpha value is -1.33. The van der Waals surface area contributed by atoms with Crippen molar-refractivity contribution in [3.8, 4) is 10.6 Å². The maximum atomic E-state index is 13.5. The first-order chi connectivity index (χ1) is 8.70. The van der Waals surface area contributed by atoms with Gasteiger partial charge in [-0.05, 0) is 38.6 Å². The molecule has 0 bridgehead atoms. The molecule has 1 heterocycles. The van der Waals surface area contributed by atoms with Gasteiger partial charge in [-0.3, -0.25) is 0 Å². The van der Waals surface area contributed by atoms with Crippen molar-refractivity contribution >= 4 is 11.3 Å². The summed E-state index contributed by atoms with van der Waals surface area (Å²) >= 11 is 1.53. The lowest BCUT2D eigenvalue weighted by Crippen LogP contribution is -2.08. The van der Waals surface area contributed by atoms with Crippen molar-refractivity contribution in [3.63, 3.8) is 0 Å². The predicted molar refractivity (Wildman–Crippen MR) is 72.3 cm³/mol. The molecule has 18 heavy (non-hydrogen) atoms. The normalized spacial score (nSPS) is 10.8. The van der Waals surface area contributed by atoms with Crippen LogP contribution in [0.25, 0.3) is 10.6 Å². The molecule has 0 radical (unpaired) electrons.